The van der Waals surface area contributed by atoms with E-state index in [9.17, 15) is 19.7 Å². The molecule has 2 aromatic rings. The number of amides is 1. The van der Waals surface area contributed by atoms with Crippen molar-refractivity contribution in [3.8, 4) is 0 Å². The van der Waals surface area contributed by atoms with E-state index in [-0.39, 0.29) is 18.0 Å². The summed E-state index contributed by atoms with van der Waals surface area (Å²) in [7, 11) is 0. The van der Waals surface area contributed by atoms with Gasteiger partial charge in [0.1, 0.15) is 5.56 Å². The summed E-state index contributed by atoms with van der Waals surface area (Å²) in [6.45, 7) is 0. The molecule has 0 bridgehead atoms. The minimum absolute atomic E-state index is 0.120. The molecule has 0 aliphatic carbocycles. The van der Waals surface area contributed by atoms with Crippen molar-refractivity contribution in [3.05, 3.63) is 69.8 Å². The van der Waals surface area contributed by atoms with Gasteiger partial charge in [-0.3, -0.25) is 14.9 Å². The number of nitro benzene ring substituents is 1. The van der Waals surface area contributed by atoms with Gasteiger partial charge in [-0.25, -0.2) is 4.79 Å². The number of hydrogen-bond acceptors (Lipinski definition) is 4. The first-order valence-electron chi connectivity index (χ1n) is 6.33. The molecule has 7 heteroatoms. The maximum absolute atomic E-state index is 11.9. The van der Waals surface area contributed by atoms with Crippen LogP contribution in [-0.2, 0) is 11.2 Å². The summed E-state index contributed by atoms with van der Waals surface area (Å²) in [5.41, 5.74) is -0.00893. The number of carbonyl (C=O) groups is 2. The summed E-state index contributed by atoms with van der Waals surface area (Å²) in [6.07, 6.45) is 0.120. The molecule has 2 N–H and O–H groups in total. The van der Waals surface area contributed by atoms with Gasteiger partial charge >= 0.3 is 5.97 Å². The Bertz CT molecular complexity index is 728. The highest BCUT2D eigenvalue weighted by atomic mass is 16.6. The first kappa shape index (κ1) is 15.2. The van der Waals surface area contributed by atoms with Crippen molar-refractivity contribution >= 4 is 23.3 Å². The highest BCUT2D eigenvalue weighted by molar-refractivity contribution is 5.96. The number of anilines is 1. The number of nitrogens with zero attached hydrogens (tertiary/aromatic N) is 1. The molecular weight excluding hydrogens is 288 g/mol. The van der Waals surface area contributed by atoms with Crippen molar-refractivity contribution < 1.29 is 19.6 Å². The second-order valence-electron chi connectivity index (χ2n) is 4.50. The third-order valence-corrected chi connectivity index (χ3v) is 2.92. The number of rotatable bonds is 5. The normalized spacial score (nSPS) is 10.0. The Morgan fingerprint density at radius 1 is 1.14 bits per heavy atom. The van der Waals surface area contributed by atoms with Crippen LogP contribution in [0.1, 0.15) is 15.9 Å². The fraction of sp³-hybridized carbons (Fsp3) is 0.0667. The number of aromatic carboxylic acids is 1. The van der Waals surface area contributed by atoms with Gasteiger partial charge in [0.05, 0.1) is 11.3 Å². The van der Waals surface area contributed by atoms with Gasteiger partial charge in [0.15, 0.2) is 0 Å². The highest BCUT2D eigenvalue weighted by Crippen LogP contribution is 2.23. The second-order valence-corrected chi connectivity index (χ2v) is 4.50. The second kappa shape index (κ2) is 6.49. The molecule has 112 valence electrons. The van der Waals surface area contributed by atoms with Gasteiger partial charge in [0.25, 0.3) is 5.69 Å². The summed E-state index contributed by atoms with van der Waals surface area (Å²) < 4.78 is 0. The molecule has 0 radical (unpaired) electrons. The van der Waals surface area contributed by atoms with Gasteiger partial charge in [-0.05, 0) is 17.7 Å². The molecule has 0 spiro atoms. The SMILES string of the molecule is O=C(Cc1ccccc1)Nc1ccc(C(=O)O)c([N+](=O)[O-])c1. The zero-order chi connectivity index (χ0) is 16.1. The lowest BCUT2D eigenvalue weighted by Crippen LogP contribution is -2.15. The van der Waals surface area contributed by atoms with E-state index in [1.54, 1.807) is 24.3 Å². The average molecular weight is 300 g/mol. The van der Waals surface area contributed by atoms with E-state index in [0.717, 1.165) is 17.7 Å². The smallest absolute Gasteiger partial charge is 0.342 e. The molecule has 0 aromatic heterocycles. The lowest BCUT2D eigenvalue weighted by atomic mass is 10.1. The molecule has 0 heterocycles. The molecule has 2 rings (SSSR count). The van der Waals surface area contributed by atoms with Crippen molar-refractivity contribution in [1.82, 2.24) is 0 Å². The van der Waals surface area contributed by atoms with E-state index in [1.807, 2.05) is 6.07 Å². The molecule has 0 unspecified atom stereocenters. The fourth-order valence-corrected chi connectivity index (χ4v) is 1.93. The van der Waals surface area contributed by atoms with Crippen LogP contribution in [0.3, 0.4) is 0 Å². The van der Waals surface area contributed by atoms with E-state index in [0.29, 0.717) is 0 Å². The van der Waals surface area contributed by atoms with Crippen LogP contribution in [0.15, 0.2) is 48.5 Å². The molecule has 7 nitrogen and oxygen atoms in total. The predicted molar refractivity (Wildman–Crippen MR) is 78.8 cm³/mol. The maximum Gasteiger partial charge on any atom is 0.342 e. The predicted octanol–water partition coefficient (Wildman–Crippen LogP) is 2.47. The van der Waals surface area contributed by atoms with E-state index >= 15 is 0 Å². The number of carbonyl (C=O) groups excluding carboxylic acids is 1. The number of nitro groups is 1. The molecule has 22 heavy (non-hydrogen) atoms. The third kappa shape index (κ3) is 3.66. The molecule has 1 amide bonds. The number of hydrogen-bond donors (Lipinski definition) is 2. The van der Waals surface area contributed by atoms with Crippen LogP contribution in [0, 0.1) is 10.1 Å². The zero-order valence-corrected chi connectivity index (χ0v) is 11.4. The van der Waals surface area contributed by atoms with Crippen LogP contribution in [0.25, 0.3) is 0 Å². The number of carboxylic acids is 1. The molecular formula is C15H12N2O5. The molecule has 0 aliphatic heterocycles. The first-order chi connectivity index (χ1) is 10.5. The van der Waals surface area contributed by atoms with E-state index in [4.69, 9.17) is 5.11 Å². The molecule has 0 fully saturated rings. The summed E-state index contributed by atoms with van der Waals surface area (Å²) in [5.74, 6) is -1.74. The number of benzene rings is 2. The first-order valence-corrected chi connectivity index (χ1v) is 6.33. The van der Waals surface area contributed by atoms with Crippen molar-refractivity contribution in [3.63, 3.8) is 0 Å². The fourth-order valence-electron chi connectivity index (χ4n) is 1.93. The lowest BCUT2D eigenvalue weighted by molar-refractivity contribution is -0.385. The van der Waals surface area contributed by atoms with Crippen LogP contribution < -0.4 is 5.32 Å². The Morgan fingerprint density at radius 3 is 2.41 bits per heavy atom. The van der Waals surface area contributed by atoms with Gasteiger partial charge in [-0.1, -0.05) is 30.3 Å². The number of nitrogens with one attached hydrogen (secondary N) is 1. The third-order valence-electron chi connectivity index (χ3n) is 2.92. The van der Waals surface area contributed by atoms with Gasteiger partial charge in [0.2, 0.25) is 5.91 Å². The summed E-state index contributed by atoms with van der Waals surface area (Å²) >= 11 is 0. The highest BCUT2D eigenvalue weighted by Gasteiger charge is 2.20. The molecule has 0 saturated carbocycles. The van der Waals surface area contributed by atoms with Crippen LogP contribution in [0.4, 0.5) is 11.4 Å². The van der Waals surface area contributed by atoms with E-state index in [2.05, 4.69) is 5.32 Å². The van der Waals surface area contributed by atoms with Crippen LogP contribution >= 0.6 is 0 Å². The maximum atomic E-state index is 11.9. The minimum atomic E-state index is -1.39. The zero-order valence-electron chi connectivity index (χ0n) is 11.4. The molecule has 2 aromatic carbocycles. The van der Waals surface area contributed by atoms with Crippen LogP contribution in [-0.4, -0.2) is 21.9 Å². The van der Waals surface area contributed by atoms with Gasteiger partial charge in [-0.2, -0.15) is 0 Å². The topological polar surface area (TPSA) is 110 Å². The van der Waals surface area contributed by atoms with Crippen molar-refractivity contribution in [2.24, 2.45) is 0 Å². The van der Waals surface area contributed by atoms with Crippen molar-refractivity contribution in [1.29, 1.82) is 0 Å². The Kier molecular flexibility index (Phi) is 4.47. The number of carboxylic acid groups (broad SMARTS) is 1. The van der Waals surface area contributed by atoms with Crippen LogP contribution in [0.5, 0.6) is 0 Å². The Balaban J connectivity index is 2.16. The molecule has 0 saturated heterocycles. The van der Waals surface area contributed by atoms with Gasteiger partial charge in [-0.15, -0.1) is 0 Å². The van der Waals surface area contributed by atoms with Crippen LogP contribution in [0.2, 0.25) is 0 Å². The summed E-state index contributed by atoms with van der Waals surface area (Å²) in [5, 5.41) is 22.3. The lowest BCUT2D eigenvalue weighted by Gasteiger charge is -2.06. The Labute approximate surface area is 125 Å². The summed E-state index contributed by atoms with van der Waals surface area (Å²) in [4.78, 5) is 32.9. The summed E-state index contributed by atoms with van der Waals surface area (Å²) in [6, 6.07) is 12.5. The average Bonchev–Trinajstić information content (AvgIpc) is 2.47. The minimum Gasteiger partial charge on any atom is -0.477 e. The van der Waals surface area contributed by atoms with Crippen molar-refractivity contribution in [2.75, 3.05) is 5.32 Å². The quantitative estimate of drug-likeness (QED) is 0.651. The largest absolute Gasteiger partial charge is 0.477 e. The molecule has 0 atom stereocenters. The van der Waals surface area contributed by atoms with Gasteiger partial charge in [0, 0.05) is 11.8 Å². The monoisotopic (exact) mass is 300 g/mol. The van der Waals surface area contributed by atoms with E-state index in [1.165, 1.54) is 6.07 Å². The molecule has 0 aliphatic rings. The van der Waals surface area contributed by atoms with E-state index < -0.39 is 22.1 Å². The Hall–Kier alpha value is -3.22. The standard InChI is InChI=1S/C15H12N2O5/c18-14(8-10-4-2-1-3-5-10)16-11-6-7-12(15(19)20)13(9-11)17(21)22/h1-7,9H,8H2,(H,16,18)(H,19,20). The van der Waals surface area contributed by atoms with Gasteiger partial charge < -0.3 is 10.4 Å². The Morgan fingerprint density at radius 2 is 1.82 bits per heavy atom. The van der Waals surface area contributed by atoms with Crippen molar-refractivity contribution in [2.45, 2.75) is 6.42 Å².